The fourth-order valence-corrected chi connectivity index (χ4v) is 4.34. The van der Waals surface area contributed by atoms with E-state index in [1.165, 1.54) is 16.7 Å². The van der Waals surface area contributed by atoms with Crippen LogP contribution in [0.3, 0.4) is 0 Å². The molecule has 3 amide bonds. The minimum Gasteiger partial charge on any atom is -0.293 e. The molecular formula is C22H20ClN3O3S2. The lowest BCUT2D eigenvalue weighted by Gasteiger charge is -2.14. The molecule has 9 heteroatoms. The van der Waals surface area contributed by atoms with Gasteiger partial charge in [-0.2, -0.15) is 0 Å². The van der Waals surface area contributed by atoms with Gasteiger partial charge in [-0.1, -0.05) is 77.5 Å². The van der Waals surface area contributed by atoms with E-state index in [9.17, 15) is 14.4 Å². The summed E-state index contributed by atoms with van der Waals surface area (Å²) >= 11 is 12.5. The average molecular weight is 474 g/mol. The average Bonchev–Trinajstić information content (AvgIpc) is 3.01. The highest BCUT2D eigenvalue weighted by molar-refractivity contribution is 8.26. The first-order valence-corrected chi connectivity index (χ1v) is 11.1. The smallest absolute Gasteiger partial charge is 0.271 e. The normalized spacial score (nSPS) is 14.8. The number of thiocarbonyl (C=S) groups is 1. The second-order valence-electron chi connectivity index (χ2n) is 6.83. The molecule has 0 radical (unpaired) electrons. The number of carbonyl (C=O) groups excluding carboxylic acids is 3. The highest BCUT2D eigenvalue weighted by atomic mass is 35.5. The lowest BCUT2D eigenvalue weighted by molar-refractivity contribution is -0.124. The van der Waals surface area contributed by atoms with Gasteiger partial charge >= 0.3 is 0 Å². The maximum atomic E-state index is 12.6. The van der Waals surface area contributed by atoms with Crippen molar-refractivity contribution in [2.24, 2.45) is 0 Å². The predicted octanol–water partition coefficient (Wildman–Crippen LogP) is 4.09. The molecule has 0 aromatic heterocycles. The van der Waals surface area contributed by atoms with Crippen LogP contribution in [0.25, 0.3) is 6.08 Å². The maximum absolute atomic E-state index is 12.6. The standard InChI is InChI=1S/C22H20ClN3O3S2/c1-14-8-10-15(11-9-14)13-18-21(29)26(22(30)31-18)12-4-7-19(27)24-25-20(28)16-5-2-3-6-17(16)23/h2-3,5-6,8-11,13H,4,7,12H2,1H3,(H,24,27)(H,25,28)/b18-13-. The fraction of sp³-hybridized carbons (Fsp3) is 0.182. The summed E-state index contributed by atoms with van der Waals surface area (Å²) in [7, 11) is 0. The number of thioether (sulfide) groups is 1. The molecule has 1 saturated heterocycles. The Morgan fingerprint density at radius 3 is 2.55 bits per heavy atom. The van der Waals surface area contributed by atoms with Gasteiger partial charge in [-0.3, -0.25) is 30.1 Å². The number of hydrazine groups is 1. The van der Waals surface area contributed by atoms with E-state index in [1.807, 2.05) is 37.3 Å². The number of aryl methyl sites for hydroxylation is 1. The molecule has 1 heterocycles. The molecule has 1 fully saturated rings. The Labute approximate surface area is 195 Å². The Hall–Kier alpha value is -2.68. The zero-order valence-corrected chi connectivity index (χ0v) is 19.1. The molecule has 2 N–H and O–H groups in total. The number of hydrogen-bond donors (Lipinski definition) is 2. The van der Waals surface area contributed by atoms with E-state index in [0.29, 0.717) is 27.2 Å². The zero-order chi connectivity index (χ0) is 22.4. The van der Waals surface area contributed by atoms with Gasteiger partial charge in [0, 0.05) is 13.0 Å². The van der Waals surface area contributed by atoms with Gasteiger partial charge in [-0.15, -0.1) is 0 Å². The van der Waals surface area contributed by atoms with E-state index in [0.717, 1.165) is 11.1 Å². The molecule has 0 atom stereocenters. The highest BCUT2D eigenvalue weighted by Gasteiger charge is 2.31. The Morgan fingerprint density at radius 2 is 1.84 bits per heavy atom. The molecule has 0 saturated carbocycles. The van der Waals surface area contributed by atoms with Crippen LogP contribution in [0.1, 0.15) is 34.3 Å². The first kappa shape index (κ1) is 23.0. The van der Waals surface area contributed by atoms with Crippen molar-refractivity contribution < 1.29 is 14.4 Å². The molecule has 6 nitrogen and oxygen atoms in total. The number of nitrogens with zero attached hydrogens (tertiary/aromatic N) is 1. The van der Waals surface area contributed by atoms with Crippen LogP contribution in [-0.2, 0) is 9.59 Å². The molecule has 0 bridgehead atoms. The van der Waals surface area contributed by atoms with Crippen LogP contribution in [0, 0.1) is 6.92 Å². The summed E-state index contributed by atoms with van der Waals surface area (Å²) in [5.41, 5.74) is 7.02. The number of nitrogens with one attached hydrogen (secondary N) is 2. The molecule has 1 aliphatic rings. The van der Waals surface area contributed by atoms with E-state index in [-0.39, 0.29) is 23.8 Å². The Balaban J connectivity index is 1.46. The Morgan fingerprint density at radius 1 is 1.13 bits per heavy atom. The van der Waals surface area contributed by atoms with Crippen LogP contribution in [-0.4, -0.2) is 33.5 Å². The summed E-state index contributed by atoms with van der Waals surface area (Å²) < 4.78 is 0.468. The summed E-state index contributed by atoms with van der Waals surface area (Å²) in [5, 5.41) is 0.294. The molecular weight excluding hydrogens is 454 g/mol. The van der Waals surface area contributed by atoms with Gasteiger partial charge in [0.1, 0.15) is 4.32 Å². The summed E-state index contributed by atoms with van der Waals surface area (Å²) in [6, 6.07) is 14.4. The third-order valence-corrected chi connectivity index (χ3v) is 6.18. The van der Waals surface area contributed by atoms with Gasteiger partial charge < -0.3 is 0 Å². The fourth-order valence-electron chi connectivity index (χ4n) is 2.81. The minimum atomic E-state index is -0.503. The van der Waals surface area contributed by atoms with Crippen molar-refractivity contribution in [2.75, 3.05) is 6.54 Å². The first-order chi connectivity index (χ1) is 14.8. The number of halogens is 1. The molecule has 1 aliphatic heterocycles. The third-order valence-electron chi connectivity index (χ3n) is 4.47. The largest absolute Gasteiger partial charge is 0.293 e. The van der Waals surface area contributed by atoms with Gasteiger partial charge in [0.25, 0.3) is 11.8 Å². The molecule has 31 heavy (non-hydrogen) atoms. The van der Waals surface area contributed by atoms with E-state index >= 15 is 0 Å². The van der Waals surface area contributed by atoms with Crippen molar-refractivity contribution in [1.29, 1.82) is 0 Å². The SMILES string of the molecule is Cc1ccc(/C=C2\SC(=S)N(CCCC(=O)NNC(=O)c3ccccc3Cl)C2=O)cc1. The number of amides is 3. The van der Waals surface area contributed by atoms with E-state index in [4.69, 9.17) is 23.8 Å². The molecule has 160 valence electrons. The van der Waals surface area contributed by atoms with Crippen LogP contribution < -0.4 is 10.9 Å². The molecule has 0 unspecified atom stereocenters. The summed E-state index contributed by atoms with van der Waals surface area (Å²) in [4.78, 5) is 38.8. The third kappa shape index (κ3) is 6.16. The zero-order valence-electron chi connectivity index (χ0n) is 16.7. The van der Waals surface area contributed by atoms with Crippen molar-refractivity contribution in [3.8, 4) is 0 Å². The van der Waals surface area contributed by atoms with Crippen LogP contribution in [0.2, 0.25) is 5.02 Å². The topological polar surface area (TPSA) is 78.5 Å². The highest BCUT2D eigenvalue weighted by Crippen LogP contribution is 2.32. The van der Waals surface area contributed by atoms with Crippen molar-refractivity contribution >= 4 is 63.7 Å². The van der Waals surface area contributed by atoms with Crippen LogP contribution in [0.5, 0.6) is 0 Å². The van der Waals surface area contributed by atoms with Gasteiger partial charge in [-0.05, 0) is 37.1 Å². The summed E-state index contributed by atoms with van der Waals surface area (Å²) in [6.45, 7) is 2.32. The number of benzene rings is 2. The van der Waals surface area contributed by atoms with Gasteiger partial charge in [0.15, 0.2) is 0 Å². The number of hydrogen-bond acceptors (Lipinski definition) is 5. The summed E-state index contributed by atoms with van der Waals surface area (Å²) in [5.74, 6) is -1.04. The van der Waals surface area contributed by atoms with Crippen molar-refractivity contribution in [3.05, 3.63) is 75.1 Å². The molecule has 2 aromatic carbocycles. The molecule has 3 rings (SSSR count). The van der Waals surface area contributed by atoms with E-state index in [2.05, 4.69) is 10.9 Å². The predicted molar refractivity (Wildman–Crippen MR) is 127 cm³/mol. The van der Waals surface area contributed by atoms with E-state index in [1.54, 1.807) is 24.3 Å². The van der Waals surface area contributed by atoms with Gasteiger partial charge in [-0.25, -0.2) is 0 Å². The lowest BCUT2D eigenvalue weighted by atomic mass is 10.1. The maximum Gasteiger partial charge on any atom is 0.271 e. The van der Waals surface area contributed by atoms with Crippen molar-refractivity contribution in [3.63, 3.8) is 0 Å². The molecule has 2 aromatic rings. The molecule has 0 aliphatic carbocycles. The summed E-state index contributed by atoms with van der Waals surface area (Å²) in [6.07, 6.45) is 2.34. The van der Waals surface area contributed by atoms with E-state index < -0.39 is 5.91 Å². The van der Waals surface area contributed by atoms with Crippen LogP contribution in [0.15, 0.2) is 53.4 Å². The first-order valence-electron chi connectivity index (χ1n) is 9.51. The quantitative estimate of drug-likeness (QED) is 0.375. The second kappa shape index (κ2) is 10.6. The van der Waals surface area contributed by atoms with Crippen LogP contribution >= 0.6 is 35.6 Å². The van der Waals surface area contributed by atoms with Crippen molar-refractivity contribution in [2.45, 2.75) is 19.8 Å². The van der Waals surface area contributed by atoms with Crippen LogP contribution in [0.4, 0.5) is 0 Å². The number of rotatable bonds is 6. The second-order valence-corrected chi connectivity index (χ2v) is 8.91. The Bertz CT molecular complexity index is 1050. The minimum absolute atomic E-state index is 0.122. The Kier molecular flexibility index (Phi) is 7.84. The molecule has 0 spiro atoms. The lowest BCUT2D eigenvalue weighted by Crippen LogP contribution is -2.42. The van der Waals surface area contributed by atoms with Gasteiger partial charge in [0.05, 0.1) is 15.5 Å². The monoisotopic (exact) mass is 473 g/mol. The van der Waals surface area contributed by atoms with Crippen molar-refractivity contribution in [1.82, 2.24) is 15.8 Å². The number of carbonyl (C=O) groups is 3. The van der Waals surface area contributed by atoms with Gasteiger partial charge in [0.2, 0.25) is 5.91 Å².